The monoisotopic (exact) mass is 406 g/mol. The first kappa shape index (κ1) is 18.8. The van der Waals surface area contributed by atoms with Crippen molar-refractivity contribution >= 4 is 29.4 Å². The lowest BCUT2D eigenvalue weighted by Gasteiger charge is -2.06. The van der Waals surface area contributed by atoms with Crippen molar-refractivity contribution in [3.8, 4) is 17.2 Å². The Morgan fingerprint density at radius 1 is 0.897 bits per heavy atom. The number of hydrogen-bond acceptors (Lipinski definition) is 5. The van der Waals surface area contributed by atoms with Crippen LogP contribution in [0.15, 0.2) is 72.8 Å². The highest BCUT2D eigenvalue weighted by Crippen LogP contribution is 2.32. The van der Waals surface area contributed by atoms with Gasteiger partial charge in [0, 0.05) is 10.6 Å². The van der Waals surface area contributed by atoms with Crippen molar-refractivity contribution in [3.05, 3.63) is 94.5 Å². The number of halogens is 1. The number of benzene rings is 3. The van der Waals surface area contributed by atoms with Crippen LogP contribution in [0.1, 0.15) is 26.3 Å². The van der Waals surface area contributed by atoms with E-state index in [1.807, 2.05) is 18.2 Å². The van der Waals surface area contributed by atoms with Crippen molar-refractivity contribution in [2.24, 2.45) is 0 Å². The summed E-state index contributed by atoms with van der Waals surface area (Å²) in [6, 6.07) is 18.4. The standard InChI is InChI=1S/C23H15ClO5/c24-19-4-2-1-3-15(19)7-11-20(25)16-5-9-18(10-6-16)29-23(26)17-8-12-21-22(13-17)28-14-27-21/h1-13H,14H2/b11-7+. The van der Waals surface area contributed by atoms with Crippen molar-refractivity contribution < 1.29 is 23.8 Å². The van der Waals surface area contributed by atoms with Crippen molar-refractivity contribution in [3.63, 3.8) is 0 Å². The molecule has 0 saturated heterocycles. The molecule has 1 heterocycles. The van der Waals surface area contributed by atoms with Crippen molar-refractivity contribution in [2.75, 3.05) is 6.79 Å². The zero-order valence-corrected chi connectivity index (χ0v) is 15.9. The van der Waals surface area contributed by atoms with Crippen molar-refractivity contribution in [1.29, 1.82) is 0 Å². The van der Waals surface area contributed by atoms with E-state index in [0.717, 1.165) is 5.56 Å². The molecule has 0 unspecified atom stereocenters. The topological polar surface area (TPSA) is 61.8 Å². The normalized spacial score (nSPS) is 12.2. The van der Waals surface area contributed by atoms with E-state index in [1.165, 1.54) is 6.08 Å². The van der Waals surface area contributed by atoms with E-state index in [1.54, 1.807) is 54.6 Å². The smallest absolute Gasteiger partial charge is 0.343 e. The Balaban J connectivity index is 1.42. The number of hydrogen-bond donors (Lipinski definition) is 0. The molecule has 0 amide bonds. The van der Waals surface area contributed by atoms with Gasteiger partial charge in [-0.1, -0.05) is 29.8 Å². The van der Waals surface area contributed by atoms with Gasteiger partial charge in [-0.05, 0) is 66.2 Å². The van der Waals surface area contributed by atoms with Crippen LogP contribution in [0.2, 0.25) is 5.02 Å². The van der Waals surface area contributed by atoms with Gasteiger partial charge in [-0.15, -0.1) is 0 Å². The Bertz CT molecular complexity index is 1100. The van der Waals surface area contributed by atoms with E-state index in [0.29, 0.717) is 33.4 Å². The Labute approximate surface area is 172 Å². The summed E-state index contributed by atoms with van der Waals surface area (Å²) in [7, 11) is 0. The third-order valence-corrected chi connectivity index (χ3v) is 4.62. The highest BCUT2D eigenvalue weighted by molar-refractivity contribution is 6.32. The van der Waals surface area contributed by atoms with Crippen LogP contribution in [0.4, 0.5) is 0 Å². The van der Waals surface area contributed by atoms with Crippen LogP contribution in [0.3, 0.4) is 0 Å². The molecule has 0 N–H and O–H groups in total. The number of ether oxygens (including phenoxy) is 3. The lowest BCUT2D eigenvalue weighted by atomic mass is 10.1. The maximum atomic E-state index is 12.3. The molecule has 6 heteroatoms. The summed E-state index contributed by atoms with van der Waals surface area (Å²) < 4.78 is 15.8. The van der Waals surface area contributed by atoms with E-state index in [9.17, 15) is 9.59 Å². The Kier molecular flexibility index (Phi) is 5.31. The Morgan fingerprint density at radius 3 is 2.41 bits per heavy atom. The molecule has 3 aromatic carbocycles. The average Bonchev–Trinajstić information content (AvgIpc) is 3.21. The minimum absolute atomic E-state index is 0.133. The van der Waals surface area contributed by atoms with Crippen LogP contribution in [0, 0.1) is 0 Å². The van der Waals surface area contributed by atoms with Crippen LogP contribution in [0.5, 0.6) is 17.2 Å². The summed E-state index contributed by atoms with van der Waals surface area (Å²) in [5.41, 5.74) is 1.57. The molecule has 0 saturated carbocycles. The van der Waals surface area contributed by atoms with Gasteiger partial charge in [0.1, 0.15) is 5.75 Å². The third-order valence-electron chi connectivity index (χ3n) is 4.28. The summed E-state index contributed by atoms with van der Waals surface area (Å²) in [6.07, 6.45) is 3.12. The summed E-state index contributed by atoms with van der Waals surface area (Å²) in [5, 5.41) is 0.572. The van der Waals surface area contributed by atoms with Gasteiger partial charge in [0.25, 0.3) is 0 Å². The first-order valence-corrected chi connectivity index (χ1v) is 9.17. The lowest BCUT2D eigenvalue weighted by Crippen LogP contribution is -2.08. The van der Waals surface area contributed by atoms with Crippen LogP contribution in [0.25, 0.3) is 6.08 Å². The minimum atomic E-state index is -0.527. The molecular weight excluding hydrogens is 392 g/mol. The maximum Gasteiger partial charge on any atom is 0.343 e. The van der Waals surface area contributed by atoms with E-state index in [4.69, 9.17) is 25.8 Å². The van der Waals surface area contributed by atoms with E-state index < -0.39 is 5.97 Å². The number of ketones is 1. The molecule has 5 nitrogen and oxygen atoms in total. The van der Waals surface area contributed by atoms with Gasteiger partial charge in [-0.3, -0.25) is 4.79 Å². The molecule has 0 spiro atoms. The molecule has 3 aromatic rings. The highest BCUT2D eigenvalue weighted by atomic mass is 35.5. The lowest BCUT2D eigenvalue weighted by molar-refractivity contribution is 0.0734. The van der Waals surface area contributed by atoms with Gasteiger partial charge in [0.2, 0.25) is 6.79 Å². The van der Waals surface area contributed by atoms with E-state index in [-0.39, 0.29) is 12.6 Å². The summed E-state index contributed by atoms with van der Waals surface area (Å²) in [5.74, 6) is 0.721. The molecule has 144 valence electrons. The number of allylic oxidation sites excluding steroid dienone is 1. The molecule has 1 aliphatic heterocycles. The molecule has 0 bridgehead atoms. The van der Waals surface area contributed by atoms with E-state index in [2.05, 4.69) is 0 Å². The molecule has 1 aliphatic rings. The van der Waals surface area contributed by atoms with E-state index >= 15 is 0 Å². The second-order valence-corrected chi connectivity index (χ2v) is 6.61. The van der Waals surface area contributed by atoms with Crippen LogP contribution < -0.4 is 14.2 Å². The summed E-state index contributed by atoms with van der Waals surface area (Å²) in [4.78, 5) is 24.6. The highest BCUT2D eigenvalue weighted by Gasteiger charge is 2.17. The fourth-order valence-corrected chi connectivity index (χ4v) is 2.95. The first-order chi connectivity index (χ1) is 14.1. The number of fused-ring (bicyclic) bond motifs is 1. The minimum Gasteiger partial charge on any atom is -0.454 e. The molecule has 29 heavy (non-hydrogen) atoms. The average molecular weight is 407 g/mol. The predicted octanol–water partition coefficient (Wildman–Crippen LogP) is 5.18. The number of carbonyl (C=O) groups is 2. The number of carbonyl (C=O) groups excluding carboxylic acids is 2. The Morgan fingerprint density at radius 2 is 1.62 bits per heavy atom. The fourth-order valence-electron chi connectivity index (χ4n) is 2.75. The van der Waals surface area contributed by atoms with Gasteiger partial charge in [-0.2, -0.15) is 0 Å². The molecule has 4 rings (SSSR count). The SMILES string of the molecule is O=C(/C=C/c1ccccc1Cl)c1ccc(OC(=O)c2ccc3c(c2)OCO3)cc1. The fraction of sp³-hybridized carbons (Fsp3) is 0.0435. The molecule has 0 atom stereocenters. The summed E-state index contributed by atoms with van der Waals surface area (Å²) in [6.45, 7) is 0.133. The summed E-state index contributed by atoms with van der Waals surface area (Å²) >= 11 is 6.08. The van der Waals surface area contributed by atoms with Crippen LogP contribution in [-0.2, 0) is 0 Å². The maximum absolute atomic E-state index is 12.3. The zero-order chi connectivity index (χ0) is 20.2. The van der Waals surface area contributed by atoms with Gasteiger partial charge in [0.05, 0.1) is 5.56 Å². The predicted molar refractivity (Wildman–Crippen MR) is 109 cm³/mol. The van der Waals surface area contributed by atoms with Crippen LogP contribution in [-0.4, -0.2) is 18.5 Å². The van der Waals surface area contributed by atoms with Gasteiger partial charge in [-0.25, -0.2) is 4.79 Å². The molecule has 0 aliphatic carbocycles. The van der Waals surface area contributed by atoms with Gasteiger partial charge >= 0.3 is 5.97 Å². The number of rotatable bonds is 5. The van der Waals surface area contributed by atoms with Crippen molar-refractivity contribution in [1.82, 2.24) is 0 Å². The third kappa shape index (κ3) is 4.31. The first-order valence-electron chi connectivity index (χ1n) is 8.79. The molecule has 0 fully saturated rings. The van der Waals surface area contributed by atoms with Crippen molar-refractivity contribution in [2.45, 2.75) is 0 Å². The molecular formula is C23H15ClO5. The largest absolute Gasteiger partial charge is 0.454 e. The van der Waals surface area contributed by atoms with Gasteiger partial charge in [0.15, 0.2) is 17.3 Å². The second-order valence-electron chi connectivity index (χ2n) is 6.20. The quantitative estimate of drug-likeness (QED) is 0.253. The molecule has 0 radical (unpaired) electrons. The second kappa shape index (κ2) is 8.20. The van der Waals surface area contributed by atoms with Crippen LogP contribution >= 0.6 is 11.6 Å². The van der Waals surface area contributed by atoms with Gasteiger partial charge < -0.3 is 14.2 Å². The number of esters is 1. The Hall–Kier alpha value is -3.57. The zero-order valence-electron chi connectivity index (χ0n) is 15.1. The molecule has 0 aromatic heterocycles.